The number of hydrogen-bond donors (Lipinski definition) is 3. The van der Waals surface area contributed by atoms with E-state index in [9.17, 15) is 17.2 Å². The first-order valence-electron chi connectivity index (χ1n) is 6.16. The van der Waals surface area contributed by atoms with Gasteiger partial charge in [0.1, 0.15) is 5.82 Å². The average molecular weight is 395 g/mol. The minimum atomic E-state index is -3.58. The summed E-state index contributed by atoms with van der Waals surface area (Å²) >= 11 is -1.70. The first-order valence-corrected chi connectivity index (χ1v) is 9.90. The molecule has 3 N–H and O–H groups in total. The van der Waals surface area contributed by atoms with Crippen LogP contribution in [0.15, 0.2) is 34.1 Å². The number of aryl methyl sites for hydroxylation is 1. The van der Waals surface area contributed by atoms with Gasteiger partial charge in [0.15, 0.2) is 11.1 Å². The van der Waals surface area contributed by atoms with Gasteiger partial charge in [-0.2, -0.15) is 5.10 Å². The lowest BCUT2D eigenvalue weighted by Gasteiger charge is -2.12. The molecule has 1 aromatic heterocycles. The summed E-state index contributed by atoms with van der Waals surface area (Å²) in [5.41, 5.74) is 0.644. The zero-order chi connectivity index (χ0) is 17.9. The number of sulfonamides is 1. The first kappa shape index (κ1) is 18.9. The Balaban J connectivity index is 2.59. The highest BCUT2D eigenvalue weighted by Gasteiger charge is 2.18. The molecule has 0 radical (unpaired) electrons. The Morgan fingerprint density at radius 2 is 2.08 bits per heavy atom. The maximum Gasteiger partial charge on any atom is 0.230 e. The van der Waals surface area contributed by atoms with Crippen molar-refractivity contribution in [2.24, 2.45) is 0 Å². The van der Waals surface area contributed by atoms with Crippen LogP contribution in [0.4, 0.5) is 5.82 Å². The number of nitrogens with one attached hydrogen (secondary N) is 1. The number of hydrogen-bond acceptors (Lipinski definition) is 8. The van der Waals surface area contributed by atoms with E-state index in [1.54, 1.807) is 6.92 Å². The van der Waals surface area contributed by atoms with Crippen molar-refractivity contribution < 1.29 is 31.8 Å². The molecule has 0 saturated carbocycles. The molecular formula is C11H13N3O7S3. The molecule has 0 saturated heterocycles. The molecule has 0 bridgehead atoms. The second-order valence-corrected chi connectivity index (χ2v) is 8.02. The Kier molecular flexibility index (Phi) is 5.97. The smallest absolute Gasteiger partial charge is 0.230 e. The van der Waals surface area contributed by atoms with Crippen molar-refractivity contribution >= 4 is 39.0 Å². The molecule has 2 aromatic rings. The lowest BCUT2D eigenvalue weighted by molar-refractivity contribution is -0.432. The number of benzene rings is 1. The third-order valence-electron chi connectivity index (χ3n) is 2.63. The summed E-state index contributed by atoms with van der Waals surface area (Å²) in [6.45, 7) is 1.64. The van der Waals surface area contributed by atoms with Crippen molar-refractivity contribution in [1.29, 1.82) is 0 Å². The van der Waals surface area contributed by atoms with Crippen molar-refractivity contribution in [3.63, 3.8) is 0 Å². The first-order chi connectivity index (χ1) is 11.2. The van der Waals surface area contributed by atoms with Crippen molar-refractivity contribution in [3.05, 3.63) is 30.0 Å². The van der Waals surface area contributed by atoms with Gasteiger partial charge >= 0.3 is 0 Å². The van der Waals surface area contributed by atoms with E-state index in [2.05, 4.69) is 19.2 Å². The number of anilines is 1. The van der Waals surface area contributed by atoms with Crippen LogP contribution in [0, 0.1) is 6.92 Å². The molecule has 24 heavy (non-hydrogen) atoms. The Bertz CT molecular complexity index is 866. The van der Waals surface area contributed by atoms with E-state index in [1.165, 1.54) is 28.9 Å². The molecule has 1 atom stereocenters. The van der Waals surface area contributed by atoms with E-state index in [0.29, 0.717) is 22.6 Å². The van der Waals surface area contributed by atoms with E-state index < -0.39 is 21.1 Å². The monoisotopic (exact) mass is 395 g/mol. The molecule has 2 rings (SSSR count). The fourth-order valence-electron chi connectivity index (χ4n) is 1.86. The molecule has 0 aliphatic rings. The van der Waals surface area contributed by atoms with Gasteiger partial charge in [0.05, 0.1) is 34.6 Å². The topological polar surface area (TPSA) is 140 Å². The van der Waals surface area contributed by atoms with Crippen molar-refractivity contribution in [2.75, 3.05) is 11.0 Å². The second kappa shape index (κ2) is 7.60. The SMILES string of the molecule is Cc1cc(NS(C)(=O)=O)n(-c2cc(SOOO)ccc2S(=O)O)n1. The van der Waals surface area contributed by atoms with Gasteiger partial charge < -0.3 is 4.55 Å². The van der Waals surface area contributed by atoms with Gasteiger partial charge in [0.25, 0.3) is 0 Å². The van der Waals surface area contributed by atoms with Gasteiger partial charge in [-0.1, -0.05) is 5.04 Å². The van der Waals surface area contributed by atoms with E-state index in [1.807, 2.05) is 0 Å². The van der Waals surface area contributed by atoms with Crippen LogP contribution >= 0.6 is 12.0 Å². The summed E-state index contributed by atoms with van der Waals surface area (Å²) in [5.74, 6) is 0.100. The van der Waals surface area contributed by atoms with Crippen molar-refractivity contribution in [2.45, 2.75) is 16.7 Å². The quantitative estimate of drug-likeness (QED) is 0.276. The maximum atomic E-state index is 11.6. The third kappa shape index (κ3) is 4.76. The summed E-state index contributed by atoms with van der Waals surface area (Å²) in [6, 6.07) is 5.69. The Morgan fingerprint density at radius 3 is 2.67 bits per heavy atom. The molecule has 1 aromatic carbocycles. The fourth-order valence-corrected chi connectivity index (χ4v) is 3.29. The van der Waals surface area contributed by atoms with Gasteiger partial charge in [-0.15, -0.1) is 4.33 Å². The summed E-state index contributed by atoms with van der Waals surface area (Å²) in [4.78, 5) is 0.413. The lowest BCUT2D eigenvalue weighted by atomic mass is 10.3. The highest BCUT2D eigenvalue weighted by Crippen LogP contribution is 2.29. The molecule has 1 heterocycles. The minimum Gasteiger partial charge on any atom is -0.302 e. The predicted octanol–water partition coefficient (Wildman–Crippen LogP) is 1.56. The van der Waals surface area contributed by atoms with E-state index in [0.717, 1.165) is 6.26 Å². The normalized spacial score (nSPS) is 13.0. The van der Waals surface area contributed by atoms with Crippen LogP contribution in [-0.2, 0) is 30.5 Å². The minimum absolute atomic E-state index is 0.00363. The van der Waals surface area contributed by atoms with Crippen molar-refractivity contribution in [3.8, 4) is 5.69 Å². The molecule has 0 fully saturated rings. The van der Waals surface area contributed by atoms with Crippen molar-refractivity contribution in [1.82, 2.24) is 9.78 Å². The second-order valence-electron chi connectivity index (χ2n) is 4.56. The number of nitrogens with zero attached hydrogens (tertiary/aromatic N) is 2. The zero-order valence-corrected chi connectivity index (χ0v) is 14.8. The molecule has 0 spiro atoms. The van der Waals surface area contributed by atoms with E-state index in [-0.39, 0.29) is 16.4 Å². The Labute approximate surface area is 144 Å². The van der Waals surface area contributed by atoms with Crippen LogP contribution < -0.4 is 4.72 Å². The molecular weight excluding hydrogens is 382 g/mol. The summed E-state index contributed by atoms with van der Waals surface area (Å²) in [5, 5.41) is 15.9. The fraction of sp³-hybridized carbons (Fsp3) is 0.182. The molecule has 0 aliphatic carbocycles. The molecule has 0 amide bonds. The van der Waals surface area contributed by atoms with Gasteiger partial charge in [0.2, 0.25) is 10.0 Å². The third-order valence-corrected chi connectivity index (χ3v) is 4.51. The average Bonchev–Trinajstić information content (AvgIpc) is 2.83. The summed E-state index contributed by atoms with van der Waals surface area (Å²) < 4.78 is 51.8. The molecule has 10 nitrogen and oxygen atoms in total. The summed E-state index contributed by atoms with van der Waals surface area (Å²) in [7, 11) is -3.58. The van der Waals surface area contributed by atoms with Crippen LogP contribution in [0.25, 0.3) is 5.69 Å². The number of aromatic nitrogens is 2. The van der Waals surface area contributed by atoms with E-state index in [4.69, 9.17) is 5.26 Å². The molecule has 1 unspecified atom stereocenters. The van der Waals surface area contributed by atoms with Gasteiger partial charge in [-0.05, 0) is 25.1 Å². The van der Waals surface area contributed by atoms with E-state index >= 15 is 0 Å². The van der Waals surface area contributed by atoms with Crippen LogP contribution in [0.1, 0.15) is 5.69 Å². The van der Waals surface area contributed by atoms with Crippen LogP contribution in [0.2, 0.25) is 0 Å². The van der Waals surface area contributed by atoms with Gasteiger partial charge in [0, 0.05) is 11.0 Å². The number of rotatable bonds is 7. The summed E-state index contributed by atoms with van der Waals surface area (Å²) in [6.07, 6.45) is 0.976. The Hall–Kier alpha value is -1.48. The zero-order valence-electron chi connectivity index (χ0n) is 12.4. The van der Waals surface area contributed by atoms with Crippen LogP contribution in [-0.4, -0.2) is 38.5 Å². The largest absolute Gasteiger partial charge is 0.302 e. The highest BCUT2D eigenvalue weighted by molar-refractivity contribution is 7.94. The lowest BCUT2D eigenvalue weighted by Crippen LogP contribution is -2.14. The predicted molar refractivity (Wildman–Crippen MR) is 86.5 cm³/mol. The molecule has 13 heteroatoms. The van der Waals surface area contributed by atoms with Gasteiger partial charge in [-0.3, -0.25) is 4.72 Å². The van der Waals surface area contributed by atoms with Gasteiger partial charge in [-0.25, -0.2) is 22.6 Å². The highest BCUT2D eigenvalue weighted by atomic mass is 32.2. The molecule has 132 valence electrons. The van der Waals surface area contributed by atoms with Crippen LogP contribution in [0.3, 0.4) is 0 Å². The standard InChI is InChI=1S/C11H13N3O7S3/c1-7-5-11(13-24(2,18)19)14(12-7)9-6-8(22-21-20-15)3-4-10(9)23(16)17/h3-6,13,15H,1-2H3,(H,16,17). The maximum absolute atomic E-state index is 11.6. The van der Waals surface area contributed by atoms with Crippen LogP contribution in [0.5, 0.6) is 0 Å². The molecule has 0 aliphatic heterocycles. The Morgan fingerprint density at radius 1 is 1.38 bits per heavy atom.